The molecule has 2 aliphatic carbocycles. The molecule has 2 heteroatoms. The van der Waals surface area contributed by atoms with Gasteiger partial charge in [-0.2, -0.15) is 0 Å². The molecule has 0 heterocycles. The number of nitrogens with zero attached hydrogens (tertiary/aromatic N) is 2. The number of anilines is 6. The first-order valence-corrected chi connectivity index (χ1v) is 27.4. The molecule has 0 unspecified atom stereocenters. The van der Waals surface area contributed by atoms with Gasteiger partial charge in [-0.25, -0.2) is 0 Å². The highest BCUT2D eigenvalue weighted by molar-refractivity contribution is 6.06. The molecule has 0 bridgehead atoms. The Labute approximate surface area is 460 Å². The van der Waals surface area contributed by atoms with Crippen molar-refractivity contribution in [3.8, 4) is 44.5 Å². The molecule has 0 fully saturated rings. The van der Waals surface area contributed by atoms with E-state index in [4.69, 9.17) is 0 Å². The SMILES string of the molecule is c1ccc2c(c1)-c1ccccc1C21c2cc(N(c3ccc(-c4cccc5ccccc45)cc3)c3cccc4ccccc34)ccc2-c2cccc(N(c3ccc(-c4cccc5ccccc45)cc3)c3cccc4ccccc34)c21. The van der Waals surface area contributed by atoms with Crippen molar-refractivity contribution in [2.45, 2.75) is 5.41 Å². The summed E-state index contributed by atoms with van der Waals surface area (Å²) in [7, 11) is 0. The normalized spacial score (nSPS) is 12.7. The maximum Gasteiger partial charge on any atom is 0.0746 e. The molecule has 79 heavy (non-hydrogen) atoms. The van der Waals surface area contributed by atoms with Gasteiger partial charge in [-0.3, -0.25) is 0 Å². The molecule has 0 saturated heterocycles. The molecule has 0 N–H and O–H groups in total. The molecule has 0 amide bonds. The summed E-state index contributed by atoms with van der Waals surface area (Å²) in [5, 5.41) is 9.76. The maximum atomic E-state index is 2.55. The fraction of sp³-hybridized carbons (Fsp3) is 0.0130. The van der Waals surface area contributed by atoms with Crippen molar-refractivity contribution < 1.29 is 0 Å². The van der Waals surface area contributed by atoms with E-state index in [2.05, 4.69) is 313 Å². The third-order valence-electron chi connectivity index (χ3n) is 17.0. The average molecular weight is 1000 g/mol. The first kappa shape index (κ1) is 45.0. The number of hydrogen-bond acceptors (Lipinski definition) is 2. The first-order valence-electron chi connectivity index (χ1n) is 27.4. The Morgan fingerprint density at radius 3 is 1.11 bits per heavy atom. The zero-order valence-electron chi connectivity index (χ0n) is 43.3. The summed E-state index contributed by atoms with van der Waals surface area (Å²) in [6.45, 7) is 0. The Morgan fingerprint density at radius 1 is 0.215 bits per heavy atom. The van der Waals surface area contributed by atoms with Gasteiger partial charge in [0.2, 0.25) is 0 Å². The third kappa shape index (κ3) is 6.84. The molecule has 1 spiro atoms. The zero-order chi connectivity index (χ0) is 52.0. The van der Waals surface area contributed by atoms with E-state index in [1.54, 1.807) is 0 Å². The van der Waals surface area contributed by atoms with Gasteiger partial charge in [0.15, 0.2) is 0 Å². The quantitative estimate of drug-likeness (QED) is 0.150. The molecular weight excluding hydrogens is 953 g/mol. The van der Waals surface area contributed by atoms with Gasteiger partial charge in [-0.1, -0.05) is 249 Å². The smallest absolute Gasteiger partial charge is 0.0746 e. The molecule has 2 nitrogen and oxygen atoms in total. The van der Waals surface area contributed by atoms with Crippen molar-refractivity contribution in [3.05, 3.63) is 326 Å². The summed E-state index contributed by atoms with van der Waals surface area (Å²) in [5.74, 6) is 0. The van der Waals surface area contributed by atoms with Crippen LogP contribution in [-0.4, -0.2) is 0 Å². The fourth-order valence-electron chi connectivity index (χ4n) is 13.7. The van der Waals surface area contributed by atoms with Crippen LogP contribution in [-0.2, 0) is 5.41 Å². The van der Waals surface area contributed by atoms with Crippen LogP contribution in [0.2, 0.25) is 0 Å². The van der Waals surface area contributed by atoms with Crippen LogP contribution in [0.4, 0.5) is 34.1 Å². The largest absolute Gasteiger partial charge is 0.310 e. The summed E-state index contributed by atoms with van der Waals surface area (Å²) < 4.78 is 0. The Kier molecular flexibility index (Phi) is 10.2. The Hall–Kier alpha value is -10.3. The lowest BCUT2D eigenvalue weighted by atomic mass is 9.69. The Morgan fingerprint density at radius 2 is 0.570 bits per heavy atom. The highest BCUT2D eigenvalue weighted by Gasteiger charge is 2.53. The molecule has 16 rings (SSSR count). The molecule has 2 aliphatic rings. The van der Waals surface area contributed by atoms with Gasteiger partial charge in [-0.05, 0) is 148 Å². The topological polar surface area (TPSA) is 6.48 Å². The van der Waals surface area contributed by atoms with Gasteiger partial charge in [0.1, 0.15) is 0 Å². The van der Waals surface area contributed by atoms with Crippen molar-refractivity contribution in [1.82, 2.24) is 0 Å². The maximum absolute atomic E-state index is 2.55. The van der Waals surface area contributed by atoms with Crippen LogP contribution in [0.25, 0.3) is 87.6 Å². The van der Waals surface area contributed by atoms with Gasteiger partial charge >= 0.3 is 0 Å². The van der Waals surface area contributed by atoms with Crippen molar-refractivity contribution >= 4 is 77.2 Å². The van der Waals surface area contributed by atoms with Gasteiger partial charge in [0.25, 0.3) is 0 Å². The minimum absolute atomic E-state index is 0.696. The van der Waals surface area contributed by atoms with E-state index >= 15 is 0 Å². The lowest BCUT2D eigenvalue weighted by Crippen LogP contribution is -2.28. The molecule has 368 valence electrons. The highest BCUT2D eigenvalue weighted by Crippen LogP contribution is 2.66. The van der Waals surface area contributed by atoms with Crippen LogP contribution >= 0.6 is 0 Å². The molecule has 14 aromatic carbocycles. The van der Waals surface area contributed by atoms with Crippen molar-refractivity contribution in [2.24, 2.45) is 0 Å². The summed E-state index contributed by atoms with van der Waals surface area (Å²) in [5.41, 5.74) is 21.0. The number of hydrogen-bond donors (Lipinski definition) is 0. The standard InChI is InChI=1S/C77H50N2/c1-5-26-60-51(18-1)22-13-32-62(60)55-40-44-57(45-41-55)78(73-37-15-24-53-20-3-7-28-64(53)73)59-48-49-68-69-34-17-39-75(76(69)77(72(68)50-59)70-35-11-9-30-66(70)67-31-10-12-36-71(67)77)79(74-38-16-25-54-21-4-8-29-65(54)74)58-46-42-56(43-47-58)63-33-14-23-52-19-2-6-27-61(52)63/h1-50H. The molecule has 0 radical (unpaired) electrons. The summed E-state index contributed by atoms with van der Waals surface area (Å²) in [6.07, 6.45) is 0. The Balaban J connectivity index is 0.942. The zero-order valence-corrected chi connectivity index (χ0v) is 43.3. The average Bonchev–Trinajstić information content (AvgIpc) is 3.93. The van der Waals surface area contributed by atoms with Gasteiger partial charge in [0.05, 0.1) is 22.5 Å². The van der Waals surface area contributed by atoms with E-state index < -0.39 is 5.41 Å². The lowest BCUT2D eigenvalue weighted by molar-refractivity contribution is 0.793. The minimum atomic E-state index is -0.696. The van der Waals surface area contributed by atoms with E-state index in [0.717, 1.165) is 34.1 Å². The van der Waals surface area contributed by atoms with Crippen LogP contribution in [0, 0.1) is 0 Å². The highest BCUT2D eigenvalue weighted by atomic mass is 15.2. The van der Waals surface area contributed by atoms with E-state index in [0.29, 0.717) is 0 Å². The van der Waals surface area contributed by atoms with Crippen molar-refractivity contribution in [2.75, 3.05) is 9.80 Å². The van der Waals surface area contributed by atoms with Crippen molar-refractivity contribution in [1.29, 1.82) is 0 Å². The summed E-state index contributed by atoms with van der Waals surface area (Å²) in [4.78, 5) is 5.03. The molecule has 0 atom stereocenters. The van der Waals surface area contributed by atoms with Crippen molar-refractivity contribution in [3.63, 3.8) is 0 Å². The van der Waals surface area contributed by atoms with Crippen LogP contribution in [0.1, 0.15) is 22.3 Å². The van der Waals surface area contributed by atoms with Crippen LogP contribution in [0.15, 0.2) is 303 Å². The van der Waals surface area contributed by atoms with Gasteiger partial charge < -0.3 is 9.80 Å². The lowest BCUT2D eigenvalue weighted by Gasteiger charge is -2.36. The van der Waals surface area contributed by atoms with Gasteiger partial charge in [0, 0.05) is 33.4 Å². The Bertz CT molecular complexity index is 4670. The monoisotopic (exact) mass is 1000 g/mol. The van der Waals surface area contributed by atoms with E-state index in [1.807, 2.05) is 0 Å². The van der Waals surface area contributed by atoms with E-state index in [1.165, 1.54) is 110 Å². The number of fused-ring (bicyclic) bond motifs is 14. The molecule has 0 saturated carbocycles. The molecule has 0 aliphatic heterocycles. The van der Waals surface area contributed by atoms with E-state index in [9.17, 15) is 0 Å². The predicted molar refractivity (Wildman–Crippen MR) is 333 cm³/mol. The second-order valence-corrected chi connectivity index (χ2v) is 21.1. The van der Waals surface area contributed by atoms with Crippen LogP contribution in [0.3, 0.4) is 0 Å². The number of benzene rings is 14. The second kappa shape index (κ2) is 17.9. The molecular formula is C77H50N2. The molecule has 0 aromatic heterocycles. The predicted octanol–water partition coefficient (Wildman–Crippen LogP) is 20.9. The third-order valence-corrected chi connectivity index (χ3v) is 17.0. The van der Waals surface area contributed by atoms with Crippen LogP contribution < -0.4 is 9.80 Å². The minimum Gasteiger partial charge on any atom is -0.310 e. The fourth-order valence-corrected chi connectivity index (χ4v) is 13.7. The summed E-state index contributed by atoms with van der Waals surface area (Å²) >= 11 is 0. The summed E-state index contributed by atoms with van der Waals surface area (Å²) in [6, 6.07) is 113. The van der Waals surface area contributed by atoms with E-state index in [-0.39, 0.29) is 0 Å². The van der Waals surface area contributed by atoms with Gasteiger partial charge in [-0.15, -0.1) is 0 Å². The number of rotatable bonds is 8. The van der Waals surface area contributed by atoms with Crippen LogP contribution in [0.5, 0.6) is 0 Å². The first-order chi connectivity index (χ1) is 39.2. The molecule has 14 aromatic rings. The second-order valence-electron chi connectivity index (χ2n) is 21.1.